The Labute approximate surface area is 129 Å². The highest BCUT2D eigenvalue weighted by Crippen LogP contribution is 2.28. The maximum Gasteiger partial charge on any atom is 0.262 e. The van der Waals surface area contributed by atoms with E-state index in [4.69, 9.17) is 4.74 Å². The first-order valence-electron chi connectivity index (χ1n) is 7.79. The zero-order valence-electron chi connectivity index (χ0n) is 12.6. The lowest BCUT2D eigenvalue weighted by Gasteiger charge is -2.18. The first-order chi connectivity index (χ1) is 10.7. The van der Waals surface area contributed by atoms with Crippen LogP contribution in [0.3, 0.4) is 0 Å². The minimum atomic E-state index is -0.198. The van der Waals surface area contributed by atoms with Crippen molar-refractivity contribution in [2.24, 2.45) is 0 Å². The van der Waals surface area contributed by atoms with Crippen LogP contribution >= 0.6 is 0 Å². The molecular formula is C16H21N3O3. The summed E-state index contributed by atoms with van der Waals surface area (Å²) in [6.07, 6.45) is 3.53. The average molecular weight is 303 g/mol. The van der Waals surface area contributed by atoms with E-state index in [0.29, 0.717) is 23.5 Å². The highest BCUT2D eigenvalue weighted by molar-refractivity contribution is 5.99. The van der Waals surface area contributed by atoms with Gasteiger partial charge in [-0.25, -0.2) is 0 Å². The van der Waals surface area contributed by atoms with Gasteiger partial charge in [-0.15, -0.1) is 0 Å². The van der Waals surface area contributed by atoms with E-state index in [2.05, 4.69) is 15.5 Å². The summed E-state index contributed by atoms with van der Waals surface area (Å²) in [7, 11) is 0. The molecule has 0 saturated carbocycles. The molecule has 0 aromatic heterocycles. The molecule has 0 bridgehead atoms. The van der Waals surface area contributed by atoms with E-state index in [1.807, 2.05) is 0 Å². The number of hydrogen-bond donors (Lipinski definition) is 2. The molecule has 6 heteroatoms. The number of nitrogens with zero attached hydrogens (tertiary/aromatic N) is 1. The zero-order valence-corrected chi connectivity index (χ0v) is 12.6. The van der Waals surface area contributed by atoms with Crippen molar-refractivity contribution in [3.05, 3.63) is 23.8 Å². The molecule has 2 aliphatic heterocycles. The van der Waals surface area contributed by atoms with Gasteiger partial charge in [-0.3, -0.25) is 9.59 Å². The normalized spacial score (nSPS) is 17.5. The van der Waals surface area contributed by atoms with Gasteiger partial charge in [0.05, 0.1) is 5.69 Å². The van der Waals surface area contributed by atoms with Crippen molar-refractivity contribution in [1.29, 1.82) is 0 Å². The number of carbonyl (C=O) groups is 2. The van der Waals surface area contributed by atoms with Gasteiger partial charge in [0.2, 0.25) is 0 Å². The highest BCUT2D eigenvalue weighted by atomic mass is 16.5. The number of nitrogens with one attached hydrogen (secondary N) is 2. The Kier molecular flexibility index (Phi) is 4.58. The molecule has 6 nitrogen and oxygen atoms in total. The summed E-state index contributed by atoms with van der Waals surface area (Å²) >= 11 is 0. The first-order valence-corrected chi connectivity index (χ1v) is 7.79. The molecule has 22 heavy (non-hydrogen) atoms. The predicted octanol–water partition coefficient (Wildman–Crippen LogP) is 1.23. The van der Waals surface area contributed by atoms with E-state index in [-0.39, 0.29) is 18.4 Å². The van der Waals surface area contributed by atoms with Crippen LogP contribution in [0.25, 0.3) is 0 Å². The highest BCUT2D eigenvalue weighted by Gasteiger charge is 2.17. The van der Waals surface area contributed by atoms with Crippen LogP contribution in [0.5, 0.6) is 5.75 Å². The maximum atomic E-state index is 12.1. The quantitative estimate of drug-likeness (QED) is 0.803. The van der Waals surface area contributed by atoms with E-state index in [9.17, 15) is 9.59 Å². The number of rotatable bonds is 5. The molecule has 2 heterocycles. The molecule has 1 fully saturated rings. The molecule has 0 aliphatic carbocycles. The minimum absolute atomic E-state index is 0.0229. The number of amides is 2. The van der Waals surface area contributed by atoms with Gasteiger partial charge in [-0.2, -0.15) is 0 Å². The van der Waals surface area contributed by atoms with Gasteiger partial charge in [0.25, 0.3) is 11.8 Å². The minimum Gasteiger partial charge on any atom is -0.482 e. The summed E-state index contributed by atoms with van der Waals surface area (Å²) in [5, 5.41) is 5.63. The number of fused-ring (bicyclic) bond motifs is 1. The Morgan fingerprint density at radius 1 is 1.32 bits per heavy atom. The fourth-order valence-corrected chi connectivity index (χ4v) is 2.84. The van der Waals surface area contributed by atoms with Crippen LogP contribution in [0.4, 0.5) is 5.69 Å². The van der Waals surface area contributed by atoms with Crippen molar-refractivity contribution in [3.63, 3.8) is 0 Å². The first kappa shape index (κ1) is 14.8. The molecule has 1 aromatic rings. The smallest absolute Gasteiger partial charge is 0.262 e. The Morgan fingerprint density at radius 3 is 2.95 bits per heavy atom. The maximum absolute atomic E-state index is 12.1. The fourth-order valence-electron chi connectivity index (χ4n) is 2.84. The SMILES string of the molecule is O=C1COc2ccc(C(=O)NCCCN3CCCC3)cc2N1. The molecule has 2 N–H and O–H groups in total. The average Bonchev–Trinajstić information content (AvgIpc) is 3.04. The third-order valence-corrected chi connectivity index (χ3v) is 4.01. The molecule has 118 valence electrons. The largest absolute Gasteiger partial charge is 0.482 e. The number of benzene rings is 1. The Bertz CT molecular complexity index is 568. The van der Waals surface area contributed by atoms with Crippen molar-refractivity contribution in [2.75, 3.05) is 38.1 Å². The van der Waals surface area contributed by atoms with E-state index >= 15 is 0 Å². The van der Waals surface area contributed by atoms with E-state index in [0.717, 1.165) is 13.0 Å². The molecule has 2 amide bonds. The second kappa shape index (κ2) is 6.79. The van der Waals surface area contributed by atoms with Crippen molar-refractivity contribution < 1.29 is 14.3 Å². The van der Waals surface area contributed by atoms with Crippen LogP contribution in [0, 0.1) is 0 Å². The summed E-state index contributed by atoms with van der Waals surface area (Å²) in [6.45, 7) is 4.08. The van der Waals surface area contributed by atoms with Gasteiger partial charge in [0.1, 0.15) is 5.75 Å². The standard InChI is InChI=1S/C16H21N3O3/c20-15-11-22-14-5-4-12(10-13(14)18-15)16(21)17-6-3-9-19-7-1-2-8-19/h4-5,10H,1-3,6-9,11H2,(H,17,21)(H,18,20). The Hall–Kier alpha value is -2.08. The van der Waals surface area contributed by atoms with Gasteiger partial charge in [-0.05, 0) is 57.1 Å². The predicted molar refractivity (Wildman–Crippen MR) is 83.2 cm³/mol. The number of anilines is 1. The number of carbonyl (C=O) groups excluding carboxylic acids is 2. The van der Waals surface area contributed by atoms with E-state index < -0.39 is 0 Å². The lowest BCUT2D eigenvalue weighted by atomic mass is 10.1. The molecule has 0 atom stereocenters. The molecular weight excluding hydrogens is 282 g/mol. The summed E-state index contributed by atoms with van der Waals surface area (Å²) in [6, 6.07) is 5.09. The van der Waals surface area contributed by atoms with Gasteiger partial charge in [-0.1, -0.05) is 0 Å². The summed E-state index contributed by atoms with van der Waals surface area (Å²) in [4.78, 5) is 25.9. The Morgan fingerprint density at radius 2 is 2.14 bits per heavy atom. The fraction of sp³-hybridized carbons (Fsp3) is 0.500. The molecule has 0 spiro atoms. The Balaban J connectivity index is 1.49. The van der Waals surface area contributed by atoms with Gasteiger partial charge < -0.3 is 20.3 Å². The molecule has 3 rings (SSSR count). The van der Waals surface area contributed by atoms with Gasteiger partial charge in [0.15, 0.2) is 6.61 Å². The van der Waals surface area contributed by atoms with E-state index in [1.54, 1.807) is 18.2 Å². The van der Waals surface area contributed by atoms with Gasteiger partial charge in [0, 0.05) is 12.1 Å². The molecule has 1 aromatic carbocycles. The van der Waals surface area contributed by atoms with Crippen LogP contribution in [0.15, 0.2) is 18.2 Å². The van der Waals surface area contributed by atoms with Crippen molar-refractivity contribution in [3.8, 4) is 5.75 Å². The van der Waals surface area contributed by atoms with Crippen LogP contribution in [0.1, 0.15) is 29.6 Å². The number of hydrogen-bond acceptors (Lipinski definition) is 4. The summed E-state index contributed by atoms with van der Waals surface area (Å²) in [5.74, 6) is 0.282. The van der Waals surface area contributed by atoms with Crippen molar-refractivity contribution in [1.82, 2.24) is 10.2 Å². The van der Waals surface area contributed by atoms with Crippen LogP contribution < -0.4 is 15.4 Å². The topological polar surface area (TPSA) is 70.7 Å². The van der Waals surface area contributed by atoms with Crippen LogP contribution in [-0.4, -0.2) is 49.5 Å². The molecule has 1 saturated heterocycles. The second-order valence-corrected chi connectivity index (χ2v) is 5.71. The lowest BCUT2D eigenvalue weighted by molar-refractivity contribution is -0.118. The number of ether oxygens (including phenoxy) is 1. The monoisotopic (exact) mass is 303 g/mol. The van der Waals surface area contributed by atoms with Crippen LogP contribution in [0.2, 0.25) is 0 Å². The van der Waals surface area contributed by atoms with Crippen molar-refractivity contribution in [2.45, 2.75) is 19.3 Å². The summed E-state index contributed by atoms with van der Waals surface area (Å²) < 4.78 is 5.28. The molecule has 2 aliphatic rings. The second-order valence-electron chi connectivity index (χ2n) is 5.71. The van der Waals surface area contributed by atoms with Crippen LogP contribution in [-0.2, 0) is 4.79 Å². The molecule has 0 radical (unpaired) electrons. The zero-order chi connectivity index (χ0) is 15.4. The molecule has 0 unspecified atom stereocenters. The van der Waals surface area contributed by atoms with Gasteiger partial charge >= 0.3 is 0 Å². The summed E-state index contributed by atoms with van der Waals surface area (Å²) in [5.41, 5.74) is 1.09. The lowest BCUT2D eigenvalue weighted by Crippen LogP contribution is -2.29. The number of likely N-dealkylation sites (tertiary alicyclic amines) is 1. The third-order valence-electron chi connectivity index (χ3n) is 4.01. The third kappa shape index (κ3) is 3.57. The van der Waals surface area contributed by atoms with E-state index in [1.165, 1.54) is 25.9 Å². The van der Waals surface area contributed by atoms with Crippen molar-refractivity contribution >= 4 is 17.5 Å².